The van der Waals surface area contributed by atoms with Gasteiger partial charge in [0.05, 0.1) is 13.5 Å². The topological polar surface area (TPSA) is 58.6 Å². The van der Waals surface area contributed by atoms with Crippen LogP contribution < -0.4 is 10.1 Å². The second-order valence-electron chi connectivity index (χ2n) is 7.83. The number of carbonyl (C=O) groups excluding carboxylic acids is 2. The molecule has 1 unspecified atom stereocenters. The SMILES string of the molecule is COc1ccc(CC(=O)N2CCCC(CNC(=O)C(C)(C)C)C2)cc1. The van der Waals surface area contributed by atoms with Crippen LogP contribution in [0.4, 0.5) is 0 Å². The molecule has 5 nitrogen and oxygen atoms in total. The van der Waals surface area contributed by atoms with Crippen LogP contribution in [-0.2, 0) is 16.0 Å². The van der Waals surface area contributed by atoms with Crippen molar-refractivity contribution in [2.24, 2.45) is 11.3 Å². The normalized spacial score (nSPS) is 17.9. The minimum Gasteiger partial charge on any atom is -0.497 e. The van der Waals surface area contributed by atoms with E-state index >= 15 is 0 Å². The van der Waals surface area contributed by atoms with E-state index in [0.29, 0.717) is 18.9 Å². The molecular formula is C20H30N2O3. The van der Waals surface area contributed by atoms with Crippen molar-refractivity contribution < 1.29 is 14.3 Å². The van der Waals surface area contributed by atoms with Crippen LogP contribution in [0.15, 0.2) is 24.3 Å². The van der Waals surface area contributed by atoms with Crippen LogP contribution in [0.25, 0.3) is 0 Å². The molecule has 2 amide bonds. The molecule has 0 aliphatic carbocycles. The number of piperidine rings is 1. The van der Waals surface area contributed by atoms with E-state index in [-0.39, 0.29) is 17.2 Å². The van der Waals surface area contributed by atoms with E-state index in [4.69, 9.17) is 4.74 Å². The minimum absolute atomic E-state index is 0.0641. The highest BCUT2D eigenvalue weighted by Gasteiger charge is 2.26. The largest absolute Gasteiger partial charge is 0.497 e. The average Bonchev–Trinajstić information content (AvgIpc) is 2.59. The van der Waals surface area contributed by atoms with E-state index in [1.807, 2.05) is 49.9 Å². The fraction of sp³-hybridized carbons (Fsp3) is 0.600. The third kappa shape index (κ3) is 5.76. The third-order valence-corrected chi connectivity index (χ3v) is 4.62. The molecule has 0 aromatic heterocycles. The number of hydrogen-bond donors (Lipinski definition) is 1. The summed E-state index contributed by atoms with van der Waals surface area (Å²) in [4.78, 5) is 26.5. The Bertz CT molecular complexity index is 590. The first-order valence-corrected chi connectivity index (χ1v) is 8.98. The number of nitrogens with one attached hydrogen (secondary N) is 1. The fourth-order valence-electron chi connectivity index (χ4n) is 2.99. The Labute approximate surface area is 150 Å². The average molecular weight is 346 g/mol. The van der Waals surface area contributed by atoms with Gasteiger partial charge >= 0.3 is 0 Å². The van der Waals surface area contributed by atoms with Crippen molar-refractivity contribution in [2.45, 2.75) is 40.0 Å². The molecule has 1 aliphatic rings. The maximum Gasteiger partial charge on any atom is 0.226 e. The Hall–Kier alpha value is -2.04. The number of amides is 2. The Kier molecular flexibility index (Phi) is 6.45. The number of nitrogens with zero attached hydrogens (tertiary/aromatic N) is 1. The molecule has 0 saturated carbocycles. The lowest BCUT2D eigenvalue weighted by molar-refractivity contribution is -0.132. The van der Waals surface area contributed by atoms with Crippen molar-refractivity contribution in [3.05, 3.63) is 29.8 Å². The molecular weight excluding hydrogens is 316 g/mol. The Morgan fingerprint density at radius 3 is 2.52 bits per heavy atom. The third-order valence-electron chi connectivity index (χ3n) is 4.62. The molecule has 1 aromatic rings. The van der Waals surface area contributed by atoms with Gasteiger partial charge in [-0.05, 0) is 36.5 Å². The molecule has 1 aliphatic heterocycles. The summed E-state index contributed by atoms with van der Waals surface area (Å²) < 4.78 is 5.14. The summed E-state index contributed by atoms with van der Waals surface area (Å²) in [6, 6.07) is 7.62. The summed E-state index contributed by atoms with van der Waals surface area (Å²) >= 11 is 0. The lowest BCUT2D eigenvalue weighted by Gasteiger charge is -2.33. The molecule has 0 radical (unpaired) electrons. The summed E-state index contributed by atoms with van der Waals surface area (Å²) in [7, 11) is 1.63. The van der Waals surface area contributed by atoms with Crippen LogP contribution in [0.2, 0.25) is 0 Å². The van der Waals surface area contributed by atoms with Crippen molar-refractivity contribution in [1.82, 2.24) is 10.2 Å². The highest BCUT2D eigenvalue weighted by atomic mass is 16.5. The smallest absolute Gasteiger partial charge is 0.226 e. The Morgan fingerprint density at radius 1 is 1.24 bits per heavy atom. The van der Waals surface area contributed by atoms with Crippen LogP contribution in [-0.4, -0.2) is 43.5 Å². The summed E-state index contributed by atoms with van der Waals surface area (Å²) in [6.45, 7) is 7.90. The molecule has 1 saturated heterocycles. The molecule has 2 rings (SSSR count). The molecule has 1 atom stereocenters. The van der Waals surface area contributed by atoms with Gasteiger partial charge in [0.2, 0.25) is 11.8 Å². The molecule has 0 bridgehead atoms. The van der Waals surface area contributed by atoms with Gasteiger partial charge in [-0.3, -0.25) is 9.59 Å². The zero-order valence-electron chi connectivity index (χ0n) is 15.8. The lowest BCUT2D eigenvalue weighted by atomic mass is 9.94. The number of ether oxygens (including phenoxy) is 1. The second-order valence-corrected chi connectivity index (χ2v) is 7.83. The molecule has 1 N–H and O–H groups in total. The minimum atomic E-state index is -0.376. The second kappa shape index (κ2) is 8.37. The predicted octanol–water partition coefficient (Wildman–Crippen LogP) is 2.64. The van der Waals surface area contributed by atoms with Crippen molar-refractivity contribution >= 4 is 11.8 Å². The monoisotopic (exact) mass is 346 g/mol. The van der Waals surface area contributed by atoms with Crippen LogP contribution in [0, 0.1) is 11.3 Å². The molecule has 1 aromatic carbocycles. The van der Waals surface area contributed by atoms with Crippen LogP contribution in [0.5, 0.6) is 5.75 Å². The summed E-state index contributed by atoms with van der Waals surface area (Å²) in [5.74, 6) is 1.34. The maximum absolute atomic E-state index is 12.6. The van der Waals surface area contributed by atoms with Crippen molar-refractivity contribution in [1.29, 1.82) is 0 Å². The van der Waals surface area contributed by atoms with Gasteiger partial charge in [0.15, 0.2) is 0 Å². The van der Waals surface area contributed by atoms with E-state index < -0.39 is 0 Å². The van der Waals surface area contributed by atoms with Gasteiger partial charge in [0.25, 0.3) is 0 Å². The van der Waals surface area contributed by atoms with Gasteiger partial charge in [0, 0.05) is 25.0 Å². The highest BCUT2D eigenvalue weighted by molar-refractivity contribution is 5.81. The molecule has 25 heavy (non-hydrogen) atoms. The van der Waals surface area contributed by atoms with Crippen LogP contribution in [0.3, 0.4) is 0 Å². The van der Waals surface area contributed by atoms with E-state index in [9.17, 15) is 9.59 Å². The predicted molar refractivity (Wildman–Crippen MR) is 98.5 cm³/mol. The number of benzene rings is 1. The first-order valence-electron chi connectivity index (χ1n) is 8.98. The first-order chi connectivity index (χ1) is 11.8. The zero-order chi connectivity index (χ0) is 18.4. The molecule has 0 spiro atoms. The van der Waals surface area contributed by atoms with Gasteiger partial charge in [-0.1, -0.05) is 32.9 Å². The van der Waals surface area contributed by atoms with E-state index in [1.54, 1.807) is 7.11 Å². The van der Waals surface area contributed by atoms with Gasteiger partial charge in [-0.25, -0.2) is 0 Å². The Balaban J connectivity index is 1.84. The maximum atomic E-state index is 12.6. The van der Waals surface area contributed by atoms with Crippen molar-refractivity contribution in [3.63, 3.8) is 0 Å². The first kappa shape index (κ1) is 19.3. The van der Waals surface area contributed by atoms with Crippen LogP contribution >= 0.6 is 0 Å². The van der Waals surface area contributed by atoms with Crippen molar-refractivity contribution in [2.75, 3.05) is 26.7 Å². The number of likely N-dealkylation sites (tertiary alicyclic amines) is 1. The van der Waals surface area contributed by atoms with E-state index in [2.05, 4.69) is 5.32 Å². The van der Waals surface area contributed by atoms with Gasteiger partial charge < -0.3 is 15.0 Å². The van der Waals surface area contributed by atoms with Gasteiger partial charge in [-0.15, -0.1) is 0 Å². The Morgan fingerprint density at radius 2 is 1.92 bits per heavy atom. The van der Waals surface area contributed by atoms with Gasteiger partial charge in [-0.2, -0.15) is 0 Å². The standard InChI is InChI=1S/C20H30N2O3/c1-20(2,3)19(24)21-13-16-6-5-11-22(14-16)18(23)12-15-7-9-17(25-4)10-8-15/h7-10,16H,5-6,11-14H2,1-4H3,(H,21,24). The number of methoxy groups -OCH3 is 1. The summed E-state index contributed by atoms with van der Waals surface area (Å²) in [5.41, 5.74) is 0.618. The van der Waals surface area contributed by atoms with E-state index in [1.165, 1.54) is 0 Å². The number of carbonyl (C=O) groups is 2. The lowest BCUT2D eigenvalue weighted by Crippen LogP contribution is -2.45. The fourth-order valence-corrected chi connectivity index (χ4v) is 2.99. The summed E-state index contributed by atoms with van der Waals surface area (Å²) in [5, 5.41) is 3.02. The number of hydrogen-bond acceptors (Lipinski definition) is 3. The van der Waals surface area contributed by atoms with Crippen molar-refractivity contribution in [3.8, 4) is 5.75 Å². The van der Waals surface area contributed by atoms with Crippen LogP contribution in [0.1, 0.15) is 39.2 Å². The summed E-state index contributed by atoms with van der Waals surface area (Å²) in [6.07, 6.45) is 2.45. The quantitative estimate of drug-likeness (QED) is 0.892. The zero-order valence-corrected chi connectivity index (χ0v) is 15.8. The van der Waals surface area contributed by atoms with E-state index in [0.717, 1.165) is 37.2 Å². The molecule has 1 fully saturated rings. The number of rotatable bonds is 5. The van der Waals surface area contributed by atoms with Gasteiger partial charge in [0.1, 0.15) is 5.75 Å². The molecule has 1 heterocycles. The molecule has 138 valence electrons. The highest BCUT2D eigenvalue weighted by Crippen LogP contribution is 2.19. The molecule has 5 heteroatoms.